The lowest BCUT2D eigenvalue weighted by Crippen LogP contribution is -2.32. The molecule has 0 saturated carbocycles. The van der Waals surface area contributed by atoms with Gasteiger partial charge in [0, 0.05) is 5.69 Å². The molecule has 10 heteroatoms. The molecule has 0 aliphatic rings. The Balaban J connectivity index is 2.20. The molecular weight excluding hydrogens is 427 g/mol. The van der Waals surface area contributed by atoms with Gasteiger partial charge in [-0.25, -0.2) is 17.6 Å². The largest absolute Gasteiger partial charge is 0.495 e. The number of ether oxygens (including phenoxy) is 2. The molecule has 0 radical (unpaired) electrons. The number of sulfone groups is 1. The summed E-state index contributed by atoms with van der Waals surface area (Å²) in [6.07, 6.45) is -0.721. The molecule has 2 aromatic rings. The predicted octanol–water partition coefficient (Wildman–Crippen LogP) is 3.98. The Morgan fingerprint density at radius 2 is 1.65 bits per heavy atom. The van der Waals surface area contributed by atoms with E-state index in [2.05, 4.69) is 10.6 Å². The topological polar surface area (TPSA) is 111 Å². The van der Waals surface area contributed by atoms with E-state index in [1.807, 2.05) is 0 Å². The summed E-state index contributed by atoms with van der Waals surface area (Å²) in [5.74, 6) is -1.06. The molecule has 0 aromatic heterocycles. The molecule has 168 valence electrons. The van der Waals surface area contributed by atoms with Gasteiger partial charge in [0.1, 0.15) is 22.4 Å². The van der Waals surface area contributed by atoms with Crippen LogP contribution in [0.1, 0.15) is 27.7 Å². The zero-order valence-corrected chi connectivity index (χ0v) is 18.7. The quantitative estimate of drug-likeness (QED) is 0.642. The molecule has 2 rings (SSSR count). The van der Waals surface area contributed by atoms with Crippen LogP contribution in [0.15, 0.2) is 47.4 Å². The van der Waals surface area contributed by atoms with Crippen molar-refractivity contribution in [1.82, 2.24) is 0 Å². The molecule has 0 aliphatic heterocycles. The normalized spacial score (nSPS) is 12.6. The standard InChI is InChI=1S/C21H25FN2O6S/c1-13(31(27,28)16-9-6-14(22)7-10-16)19(25)23-15-8-11-18(29-5)17(12-15)24-20(26)30-21(2,3)4/h6-13H,1-5H3,(H,23,25)(H,24,26). The number of rotatable bonds is 6. The average molecular weight is 453 g/mol. The maximum Gasteiger partial charge on any atom is 0.412 e. The molecule has 2 N–H and O–H groups in total. The summed E-state index contributed by atoms with van der Waals surface area (Å²) in [4.78, 5) is 24.5. The highest BCUT2D eigenvalue weighted by atomic mass is 32.2. The molecule has 0 heterocycles. The lowest BCUT2D eigenvalue weighted by atomic mass is 10.2. The van der Waals surface area contributed by atoms with Crippen LogP contribution in [0.5, 0.6) is 5.75 Å². The highest BCUT2D eigenvalue weighted by molar-refractivity contribution is 7.92. The second kappa shape index (κ2) is 9.34. The van der Waals surface area contributed by atoms with Crippen molar-refractivity contribution in [3.63, 3.8) is 0 Å². The van der Waals surface area contributed by atoms with Gasteiger partial charge in [0.2, 0.25) is 5.91 Å². The monoisotopic (exact) mass is 452 g/mol. The molecule has 0 bridgehead atoms. The van der Waals surface area contributed by atoms with Crippen molar-refractivity contribution in [2.45, 2.75) is 43.4 Å². The number of hydrogen-bond acceptors (Lipinski definition) is 6. The fourth-order valence-corrected chi connectivity index (χ4v) is 3.77. The van der Waals surface area contributed by atoms with Gasteiger partial charge < -0.3 is 14.8 Å². The SMILES string of the molecule is COc1ccc(NC(=O)C(C)S(=O)(=O)c2ccc(F)cc2)cc1NC(=O)OC(C)(C)C. The number of carbonyl (C=O) groups is 2. The van der Waals surface area contributed by atoms with Crippen molar-refractivity contribution >= 4 is 33.2 Å². The van der Waals surface area contributed by atoms with Crippen LogP contribution in [-0.2, 0) is 19.4 Å². The zero-order valence-electron chi connectivity index (χ0n) is 17.9. The van der Waals surface area contributed by atoms with Crippen molar-refractivity contribution < 1.29 is 31.9 Å². The Morgan fingerprint density at radius 1 is 1.03 bits per heavy atom. The fraction of sp³-hybridized carbons (Fsp3) is 0.333. The molecule has 0 aliphatic carbocycles. The second-order valence-corrected chi connectivity index (χ2v) is 9.94. The third-order valence-electron chi connectivity index (χ3n) is 4.08. The van der Waals surface area contributed by atoms with E-state index in [4.69, 9.17) is 9.47 Å². The predicted molar refractivity (Wildman–Crippen MR) is 115 cm³/mol. The van der Waals surface area contributed by atoms with Gasteiger partial charge in [-0.15, -0.1) is 0 Å². The van der Waals surface area contributed by atoms with Crippen LogP contribution in [0.2, 0.25) is 0 Å². The lowest BCUT2D eigenvalue weighted by Gasteiger charge is -2.20. The van der Waals surface area contributed by atoms with E-state index in [1.54, 1.807) is 20.8 Å². The Kier molecular flexibility index (Phi) is 7.27. The number of halogens is 1. The van der Waals surface area contributed by atoms with Crippen molar-refractivity contribution in [3.8, 4) is 5.75 Å². The highest BCUT2D eigenvalue weighted by Gasteiger charge is 2.30. The first-order valence-electron chi connectivity index (χ1n) is 9.32. The fourth-order valence-electron chi connectivity index (χ4n) is 2.51. The Bertz CT molecular complexity index is 1060. The van der Waals surface area contributed by atoms with Gasteiger partial charge in [0.15, 0.2) is 9.84 Å². The average Bonchev–Trinajstić information content (AvgIpc) is 2.66. The third kappa shape index (κ3) is 6.42. The van der Waals surface area contributed by atoms with Crippen LogP contribution in [0.3, 0.4) is 0 Å². The van der Waals surface area contributed by atoms with E-state index < -0.39 is 38.5 Å². The number of carbonyl (C=O) groups excluding carboxylic acids is 2. The number of hydrogen-bond donors (Lipinski definition) is 2. The molecule has 0 spiro atoms. The van der Waals surface area contributed by atoms with Gasteiger partial charge in [-0.3, -0.25) is 10.1 Å². The summed E-state index contributed by atoms with van der Waals surface area (Å²) in [7, 11) is -2.62. The molecule has 0 fully saturated rings. The minimum atomic E-state index is -4.03. The first-order valence-corrected chi connectivity index (χ1v) is 10.9. The third-order valence-corrected chi connectivity index (χ3v) is 6.15. The number of methoxy groups -OCH3 is 1. The Labute approximate surface area is 180 Å². The van der Waals surface area contributed by atoms with Crippen LogP contribution in [0.25, 0.3) is 0 Å². The van der Waals surface area contributed by atoms with Gasteiger partial charge in [-0.1, -0.05) is 0 Å². The molecule has 1 unspecified atom stereocenters. The summed E-state index contributed by atoms with van der Waals surface area (Å²) < 4.78 is 48.8. The number of anilines is 2. The molecule has 1 atom stereocenters. The number of benzene rings is 2. The summed E-state index contributed by atoms with van der Waals surface area (Å²) in [6, 6.07) is 8.63. The smallest absolute Gasteiger partial charge is 0.412 e. The zero-order chi connectivity index (χ0) is 23.4. The van der Waals surface area contributed by atoms with Gasteiger partial charge in [0.05, 0.1) is 17.7 Å². The molecule has 0 saturated heterocycles. The first kappa shape index (κ1) is 24.1. The van der Waals surface area contributed by atoms with Crippen molar-refractivity contribution in [2.24, 2.45) is 0 Å². The summed E-state index contributed by atoms with van der Waals surface area (Å²) in [6.45, 7) is 6.37. The molecular formula is C21H25FN2O6S. The Hall–Kier alpha value is -3.14. The Morgan fingerprint density at radius 3 is 2.19 bits per heavy atom. The van der Waals surface area contributed by atoms with Gasteiger partial charge in [-0.2, -0.15) is 0 Å². The highest BCUT2D eigenvalue weighted by Crippen LogP contribution is 2.29. The molecule has 31 heavy (non-hydrogen) atoms. The van der Waals surface area contributed by atoms with E-state index in [0.717, 1.165) is 24.3 Å². The van der Waals surface area contributed by atoms with Crippen molar-refractivity contribution in [3.05, 3.63) is 48.3 Å². The van der Waals surface area contributed by atoms with Crippen LogP contribution in [0.4, 0.5) is 20.6 Å². The van der Waals surface area contributed by atoms with E-state index in [0.29, 0.717) is 5.75 Å². The van der Waals surface area contributed by atoms with Crippen molar-refractivity contribution in [2.75, 3.05) is 17.7 Å². The molecule has 2 amide bonds. The van der Waals surface area contributed by atoms with E-state index in [9.17, 15) is 22.4 Å². The lowest BCUT2D eigenvalue weighted by molar-refractivity contribution is -0.115. The van der Waals surface area contributed by atoms with Gasteiger partial charge in [-0.05, 0) is 70.2 Å². The van der Waals surface area contributed by atoms with E-state index in [1.165, 1.54) is 32.2 Å². The van der Waals surface area contributed by atoms with Crippen LogP contribution in [0, 0.1) is 5.82 Å². The summed E-state index contributed by atoms with van der Waals surface area (Å²) in [5.41, 5.74) is -0.255. The summed E-state index contributed by atoms with van der Waals surface area (Å²) >= 11 is 0. The molecule has 8 nitrogen and oxygen atoms in total. The summed E-state index contributed by atoms with van der Waals surface area (Å²) in [5, 5.41) is 3.59. The first-order chi connectivity index (χ1) is 14.3. The van der Waals surface area contributed by atoms with E-state index in [-0.39, 0.29) is 16.3 Å². The van der Waals surface area contributed by atoms with Crippen molar-refractivity contribution in [1.29, 1.82) is 0 Å². The van der Waals surface area contributed by atoms with Gasteiger partial charge >= 0.3 is 6.09 Å². The number of amides is 2. The minimum Gasteiger partial charge on any atom is -0.495 e. The maximum atomic E-state index is 13.1. The van der Waals surface area contributed by atoms with E-state index >= 15 is 0 Å². The van der Waals surface area contributed by atoms with Gasteiger partial charge in [0.25, 0.3) is 0 Å². The van der Waals surface area contributed by atoms with Crippen LogP contribution in [-0.4, -0.2) is 38.4 Å². The van der Waals surface area contributed by atoms with Crippen LogP contribution < -0.4 is 15.4 Å². The minimum absolute atomic E-state index is 0.168. The van der Waals surface area contributed by atoms with Crippen LogP contribution >= 0.6 is 0 Å². The molecule has 2 aromatic carbocycles. The maximum absolute atomic E-state index is 13.1. The number of nitrogens with one attached hydrogen (secondary N) is 2. The second-order valence-electron chi connectivity index (χ2n) is 7.67.